The van der Waals surface area contributed by atoms with Gasteiger partial charge in [-0.3, -0.25) is 0 Å². The number of nitrogens with zero attached hydrogens (tertiary/aromatic N) is 1. The van der Waals surface area contributed by atoms with Gasteiger partial charge in [0.15, 0.2) is 0 Å². The summed E-state index contributed by atoms with van der Waals surface area (Å²) < 4.78 is 0. The molecule has 14 heavy (non-hydrogen) atoms. The van der Waals surface area contributed by atoms with Crippen LogP contribution in [0.5, 0.6) is 0 Å². The molecule has 2 nitrogen and oxygen atoms in total. The summed E-state index contributed by atoms with van der Waals surface area (Å²) in [5.41, 5.74) is 7.74. The molecule has 0 bridgehead atoms. The lowest BCUT2D eigenvalue weighted by Crippen LogP contribution is -2.28. The zero-order valence-electron chi connectivity index (χ0n) is 8.91. The van der Waals surface area contributed by atoms with Gasteiger partial charge >= 0.3 is 0 Å². The van der Waals surface area contributed by atoms with Gasteiger partial charge in [0, 0.05) is 6.04 Å². The highest BCUT2D eigenvalue weighted by Crippen LogP contribution is 2.31. The molecule has 1 aromatic rings. The molecule has 0 saturated heterocycles. The van der Waals surface area contributed by atoms with Gasteiger partial charge in [-0.15, -0.1) is 0 Å². The molecule has 0 amide bonds. The molecule has 0 aliphatic rings. The molecule has 1 unspecified atom stereocenters. The van der Waals surface area contributed by atoms with Crippen LogP contribution in [0, 0.1) is 23.7 Å². The number of hydrogen-bond donors (Lipinski definition) is 1. The molecule has 0 aliphatic carbocycles. The van der Waals surface area contributed by atoms with Gasteiger partial charge < -0.3 is 5.73 Å². The Labute approximate surface area is 85.4 Å². The van der Waals surface area contributed by atoms with Crippen molar-refractivity contribution in [3.05, 3.63) is 35.4 Å². The van der Waals surface area contributed by atoms with Crippen LogP contribution in [0.15, 0.2) is 24.3 Å². The van der Waals surface area contributed by atoms with Crippen LogP contribution >= 0.6 is 0 Å². The van der Waals surface area contributed by atoms with Crippen molar-refractivity contribution < 1.29 is 0 Å². The fourth-order valence-electron chi connectivity index (χ4n) is 1.39. The van der Waals surface area contributed by atoms with Gasteiger partial charge in [-0.1, -0.05) is 24.3 Å². The van der Waals surface area contributed by atoms with Crippen molar-refractivity contribution in [1.82, 2.24) is 0 Å². The third-order valence-electron chi connectivity index (χ3n) is 2.59. The molecule has 1 aromatic carbocycles. The van der Waals surface area contributed by atoms with E-state index in [4.69, 9.17) is 11.0 Å². The van der Waals surface area contributed by atoms with Crippen molar-refractivity contribution in [3.63, 3.8) is 0 Å². The molecule has 2 heteroatoms. The summed E-state index contributed by atoms with van der Waals surface area (Å²) in [6, 6.07) is 9.95. The lowest BCUT2D eigenvalue weighted by atomic mass is 9.81. The Hall–Kier alpha value is -1.33. The van der Waals surface area contributed by atoms with Crippen LogP contribution < -0.4 is 5.73 Å². The zero-order chi connectivity index (χ0) is 10.8. The Balaban J connectivity index is 3.08. The smallest absolute Gasteiger partial charge is 0.0710 e. The first-order valence-electron chi connectivity index (χ1n) is 4.71. The molecule has 1 rings (SSSR count). The average molecular weight is 188 g/mol. The molecule has 0 saturated carbocycles. The summed E-state index contributed by atoms with van der Waals surface area (Å²) in [5.74, 6) is 0. The zero-order valence-corrected chi connectivity index (χ0v) is 8.91. The van der Waals surface area contributed by atoms with Crippen LogP contribution in [0.1, 0.15) is 31.0 Å². The third-order valence-corrected chi connectivity index (χ3v) is 2.59. The summed E-state index contributed by atoms with van der Waals surface area (Å²) in [6.07, 6.45) is 0. The summed E-state index contributed by atoms with van der Waals surface area (Å²) >= 11 is 0. The Morgan fingerprint density at radius 2 is 1.93 bits per heavy atom. The highest BCUT2D eigenvalue weighted by molar-refractivity contribution is 5.31. The molecule has 0 radical (unpaired) electrons. The van der Waals surface area contributed by atoms with E-state index < -0.39 is 5.41 Å². The van der Waals surface area contributed by atoms with Crippen LogP contribution in [-0.4, -0.2) is 0 Å². The van der Waals surface area contributed by atoms with E-state index in [1.807, 2.05) is 45.0 Å². The Bertz CT molecular complexity index is 361. The average Bonchev–Trinajstić information content (AvgIpc) is 2.17. The van der Waals surface area contributed by atoms with E-state index in [-0.39, 0.29) is 6.04 Å². The number of hydrogen-bond acceptors (Lipinski definition) is 2. The topological polar surface area (TPSA) is 49.8 Å². The van der Waals surface area contributed by atoms with Crippen molar-refractivity contribution in [2.24, 2.45) is 11.1 Å². The maximum Gasteiger partial charge on any atom is 0.0710 e. The lowest BCUT2D eigenvalue weighted by Gasteiger charge is -2.25. The first kappa shape index (κ1) is 10.7. The van der Waals surface area contributed by atoms with Crippen molar-refractivity contribution in [3.8, 4) is 6.07 Å². The SMILES string of the molecule is Cc1ccccc1C(N)C(C)(C)C#N. The first-order valence-corrected chi connectivity index (χ1v) is 4.71. The summed E-state index contributed by atoms with van der Waals surface area (Å²) in [7, 11) is 0. The maximum absolute atomic E-state index is 8.99. The van der Waals surface area contributed by atoms with E-state index in [9.17, 15) is 0 Å². The minimum atomic E-state index is -0.522. The van der Waals surface area contributed by atoms with Gasteiger partial charge in [0.2, 0.25) is 0 Å². The molecule has 74 valence electrons. The monoisotopic (exact) mass is 188 g/mol. The summed E-state index contributed by atoms with van der Waals surface area (Å²) in [5, 5.41) is 8.99. The van der Waals surface area contributed by atoms with E-state index in [0.717, 1.165) is 11.1 Å². The molecule has 0 heterocycles. The first-order chi connectivity index (χ1) is 6.49. The van der Waals surface area contributed by atoms with Gasteiger partial charge in [-0.05, 0) is 31.9 Å². The van der Waals surface area contributed by atoms with Gasteiger partial charge in [-0.2, -0.15) is 5.26 Å². The minimum Gasteiger partial charge on any atom is -0.323 e. The Kier molecular flexibility index (Phi) is 2.93. The highest BCUT2D eigenvalue weighted by atomic mass is 14.7. The van der Waals surface area contributed by atoms with Gasteiger partial charge in [-0.25, -0.2) is 0 Å². The van der Waals surface area contributed by atoms with E-state index >= 15 is 0 Å². The number of nitriles is 1. The standard InChI is InChI=1S/C12H16N2/c1-9-6-4-5-7-10(9)11(14)12(2,3)8-13/h4-7,11H,14H2,1-3H3. The normalized spacial score (nSPS) is 13.4. The van der Waals surface area contributed by atoms with Crippen molar-refractivity contribution >= 4 is 0 Å². The molecule has 1 atom stereocenters. The van der Waals surface area contributed by atoms with E-state index in [1.165, 1.54) is 0 Å². The molecule has 2 N–H and O–H groups in total. The quantitative estimate of drug-likeness (QED) is 0.775. The number of benzene rings is 1. The van der Waals surface area contributed by atoms with E-state index in [2.05, 4.69) is 6.07 Å². The second-order valence-electron chi connectivity index (χ2n) is 4.17. The number of aryl methyl sites for hydroxylation is 1. The fourth-order valence-corrected chi connectivity index (χ4v) is 1.39. The van der Waals surface area contributed by atoms with Gasteiger partial charge in [0.05, 0.1) is 11.5 Å². The van der Waals surface area contributed by atoms with Crippen LogP contribution in [0.2, 0.25) is 0 Å². The van der Waals surface area contributed by atoms with Gasteiger partial charge in [0.1, 0.15) is 0 Å². The van der Waals surface area contributed by atoms with E-state index in [1.54, 1.807) is 0 Å². The fraction of sp³-hybridized carbons (Fsp3) is 0.417. The van der Waals surface area contributed by atoms with Crippen LogP contribution in [-0.2, 0) is 0 Å². The maximum atomic E-state index is 8.99. The predicted octanol–water partition coefficient (Wildman–Crippen LogP) is 2.54. The van der Waals surface area contributed by atoms with Gasteiger partial charge in [0.25, 0.3) is 0 Å². The molecular formula is C12H16N2. The van der Waals surface area contributed by atoms with Crippen molar-refractivity contribution in [2.45, 2.75) is 26.8 Å². The summed E-state index contributed by atoms with van der Waals surface area (Å²) in [4.78, 5) is 0. The molecule has 0 aliphatic heterocycles. The Morgan fingerprint density at radius 1 is 1.36 bits per heavy atom. The molecule has 0 aromatic heterocycles. The van der Waals surface area contributed by atoms with Crippen molar-refractivity contribution in [1.29, 1.82) is 5.26 Å². The van der Waals surface area contributed by atoms with Crippen LogP contribution in [0.25, 0.3) is 0 Å². The number of rotatable bonds is 2. The van der Waals surface area contributed by atoms with Crippen molar-refractivity contribution in [2.75, 3.05) is 0 Å². The molecule has 0 fully saturated rings. The predicted molar refractivity (Wildman–Crippen MR) is 57.5 cm³/mol. The highest BCUT2D eigenvalue weighted by Gasteiger charge is 2.28. The summed E-state index contributed by atoms with van der Waals surface area (Å²) in [6.45, 7) is 5.75. The van der Waals surface area contributed by atoms with Crippen LogP contribution in [0.3, 0.4) is 0 Å². The second kappa shape index (κ2) is 3.81. The number of nitrogens with two attached hydrogens (primary N) is 1. The largest absolute Gasteiger partial charge is 0.323 e. The van der Waals surface area contributed by atoms with Crippen LogP contribution in [0.4, 0.5) is 0 Å². The third kappa shape index (κ3) is 1.94. The Morgan fingerprint density at radius 3 is 2.43 bits per heavy atom. The van der Waals surface area contributed by atoms with E-state index in [0.29, 0.717) is 0 Å². The second-order valence-corrected chi connectivity index (χ2v) is 4.17. The minimum absolute atomic E-state index is 0.228. The lowest BCUT2D eigenvalue weighted by molar-refractivity contribution is 0.392. The molecular weight excluding hydrogens is 172 g/mol. The molecule has 0 spiro atoms.